The normalized spacial score (nSPS) is 22.6. The van der Waals surface area contributed by atoms with E-state index in [1.807, 2.05) is 0 Å². The second-order valence-corrected chi connectivity index (χ2v) is 6.26. The molecule has 1 aromatic carbocycles. The van der Waals surface area contributed by atoms with E-state index in [9.17, 15) is 9.18 Å². The standard InChI is InChI=1S/C17H19FN4O3/c18-12-4-1-3-11(7-12)16-14-10-25-13(9-22(14)21-20-16)8-19-17(23)15-5-2-6-24-15/h1,3-4,7,13,15H,2,5-6,8-10H2,(H,19,23)/t13?,15-/m1/s1. The van der Waals surface area contributed by atoms with Crippen LogP contribution in [0.4, 0.5) is 4.39 Å². The molecule has 25 heavy (non-hydrogen) atoms. The monoisotopic (exact) mass is 346 g/mol. The second kappa shape index (κ2) is 6.89. The molecule has 1 N–H and O–H groups in total. The summed E-state index contributed by atoms with van der Waals surface area (Å²) in [5.41, 5.74) is 2.11. The first-order chi connectivity index (χ1) is 12.2. The number of carbonyl (C=O) groups excluding carboxylic acids is 1. The quantitative estimate of drug-likeness (QED) is 0.902. The Bertz CT molecular complexity index is 773. The number of amides is 1. The van der Waals surface area contributed by atoms with E-state index in [1.165, 1.54) is 12.1 Å². The maximum absolute atomic E-state index is 13.4. The molecule has 4 rings (SSSR count). The van der Waals surface area contributed by atoms with E-state index in [4.69, 9.17) is 9.47 Å². The summed E-state index contributed by atoms with van der Waals surface area (Å²) in [6, 6.07) is 6.26. The zero-order valence-corrected chi connectivity index (χ0v) is 13.7. The summed E-state index contributed by atoms with van der Waals surface area (Å²) in [5, 5.41) is 11.2. The van der Waals surface area contributed by atoms with Crippen molar-refractivity contribution in [3.8, 4) is 11.3 Å². The first-order valence-electron chi connectivity index (χ1n) is 8.40. The molecule has 1 unspecified atom stereocenters. The Morgan fingerprint density at radius 2 is 2.32 bits per heavy atom. The summed E-state index contributed by atoms with van der Waals surface area (Å²) in [4.78, 5) is 12.0. The summed E-state index contributed by atoms with van der Waals surface area (Å²) in [7, 11) is 0. The van der Waals surface area contributed by atoms with Gasteiger partial charge in [-0.3, -0.25) is 4.79 Å². The van der Waals surface area contributed by atoms with Crippen molar-refractivity contribution in [2.75, 3.05) is 13.2 Å². The molecule has 2 atom stereocenters. The lowest BCUT2D eigenvalue weighted by Gasteiger charge is -2.24. The minimum atomic E-state index is -0.342. The average Bonchev–Trinajstić information content (AvgIpc) is 3.29. The predicted molar refractivity (Wildman–Crippen MR) is 86.0 cm³/mol. The summed E-state index contributed by atoms with van der Waals surface area (Å²) in [5.74, 6) is -0.406. The molecule has 3 heterocycles. The Morgan fingerprint density at radius 3 is 3.12 bits per heavy atom. The van der Waals surface area contributed by atoms with Crippen molar-refractivity contribution in [3.05, 3.63) is 35.8 Å². The summed E-state index contributed by atoms with van der Waals surface area (Å²) < 4.78 is 26.4. The van der Waals surface area contributed by atoms with Crippen molar-refractivity contribution in [1.29, 1.82) is 0 Å². The number of nitrogens with zero attached hydrogens (tertiary/aromatic N) is 3. The third-order valence-electron chi connectivity index (χ3n) is 4.49. The van der Waals surface area contributed by atoms with Gasteiger partial charge >= 0.3 is 0 Å². The van der Waals surface area contributed by atoms with Crippen LogP contribution in [0.25, 0.3) is 11.3 Å². The van der Waals surface area contributed by atoms with Crippen LogP contribution in [0.3, 0.4) is 0 Å². The Kier molecular flexibility index (Phi) is 4.46. The van der Waals surface area contributed by atoms with Crippen molar-refractivity contribution in [2.45, 2.75) is 38.2 Å². The second-order valence-electron chi connectivity index (χ2n) is 6.26. The van der Waals surface area contributed by atoms with Gasteiger partial charge in [-0.25, -0.2) is 9.07 Å². The number of hydrogen-bond acceptors (Lipinski definition) is 5. The molecular formula is C17H19FN4O3. The van der Waals surface area contributed by atoms with Gasteiger partial charge < -0.3 is 14.8 Å². The number of carbonyl (C=O) groups is 1. The fraction of sp³-hybridized carbons (Fsp3) is 0.471. The van der Waals surface area contributed by atoms with Crippen LogP contribution in [0.5, 0.6) is 0 Å². The molecular weight excluding hydrogens is 327 g/mol. The lowest BCUT2D eigenvalue weighted by Crippen LogP contribution is -2.42. The zero-order valence-electron chi connectivity index (χ0n) is 13.7. The summed E-state index contributed by atoms with van der Waals surface area (Å²) in [6.07, 6.45) is 1.16. The molecule has 0 radical (unpaired) electrons. The Morgan fingerprint density at radius 1 is 1.40 bits per heavy atom. The van der Waals surface area contributed by atoms with Gasteiger partial charge in [-0.1, -0.05) is 17.3 Å². The lowest BCUT2D eigenvalue weighted by atomic mass is 10.1. The number of benzene rings is 1. The highest BCUT2D eigenvalue weighted by Crippen LogP contribution is 2.25. The summed E-state index contributed by atoms with van der Waals surface area (Å²) in [6.45, 7) is 1.85. The number of fused-ring (bicyclic) bond motifs is 1. The molecule has 0 saturated carbocycles. The third kappa shape index (κ3) is 3.40. The van der Waals surface area contributed by atoms with Gasteiger partial charge in [0.25, 0.3) is 0 Å². The number of rotatable bonds is 4. The van der Waals surface area contributed by atoms with Crippen molar-refractivity contribution in [3.63, 3.8) is 0 Å². The molecule has 1 amide bonds. The number of aromatic nitrogens is 3. The largest absolute Gasteiger partial charge is 0.368 e. The van der Waals surface area contributed by atoms with E-state index >= 15 is 0 Å². The summed E-state index contributed by atoms with van der Waals surface area (Å²) >= 11 is 0. The molecule has 8 heteroatoms. The van der Waals surface area contributed by atoms with Gasteiger partial charge in [0.2, 0.25) is 5.91 Å². The highest BCUT2D eigenvalue weighted by molar-refractivity contribution is 5.80. The lowest BCUT2D eigenvalue weighted by molar-refractivity contribution is -0.131. The molecule has 0 spiro atoms. The van der Waals surface area contributed by atoms with Crippen LogP contribution in [-0.2, 0) is 27.4 Å². The topological polar surface area (TPSA) is 78.3 Å². The van der Waals surface area contributed by atoms with Crippen LogP contribution in [-0.4, -0.2) is 46.3 Å². The first kappa shape index (κ1) is 16.2. The molecule has 1 saturated heterocycles. The maximum atomic E-state index is 13.4. The van der Waals surface area contributed by atoms with Gasteiger partial charge in [0, 0.05) is 18.7 Å². The molecule has 132 valence electrons. The van der Waals surface area contributed by atoms with Gasteiger partial charge in [-0.05, 0) is 25.0 Å². The molecule has 2 aliphatic heterocycles. The van der Waals surface area contributed by atoms with Gasteiger partial charge in [-0.15, -0.1) is 5.10 Å². The fourth-order valence-corrected chi connectivity index (χ4v) is 3.16. The zero-order chi connectivity index (χ0) is 17.2. The Labute approximate surface area is 144 Å². The van der Waals surface area contributed by atoms with Crippen LogP contribution in [0, 0.1) is 5.82 Å². The van der Waals surface area contributed by atoms with Crippen molar-refractivity contribution in [2.24, 2.45) is 0 Å². The van der Waals surface area contributed by atoms with Crippen LogP contribution < -0.4 is 5.32 Å². The number of hydrogen-bond donors (Lipinski definition) is 1. The number of nitrogens with one attached hydrogen (secondary N) is 1. The molecule has 0 bridgehead atoms. The van der Waals surface area contributed by atoms with E-state index in [1.54, 1.807) is 16.8 Å². The highest BCUT2D eigenvalue weighted by atomic mass is 19.1. The van der Waals surface area contributed by atoms with Gasteiger partial charge in [0.1, 0.15) is 17.6 Å². The molecule has 7 nitrogen and oxygen atoms in total. The van der Waals surface area contributed by atoms with Crippen LogP contribution in [0.15, 0.2) is 24.3 Å². The third-order valence-corrected chi connectivity index (χ3v) is 4.49. The molecule has 2 aliphatic rings. The maximum Gasteiger partial charge on any atom is 0.249 e. The number of halogens is 1. The van der Waals surface area contributed by atoms with Crippen LogP contribution in [0.1, 0.15) is 18.5 Å². The van der Waals surface area contributed by atoms with E-state index in [0.29, 0.717) is 37.6 Å². The SMILES string of the molecule is O=C(NCC1Cn2nnc(-c3cccc(F)c3)c2CO1)[C@H]1CCCO1. The minimum absolute atomic E-state index is 0.0917. The predicted octanol–water partition coefficient (Wildman–Crippen LogP) is 1.28. The van der Waals surface area contributed by atoms with E-state index < -0.39 is 0 Å². The van der Waals surface area contributed by atoms with E-state index in [2.05, 4.69) is 15.6 Å². The molecule has 1 fully saturated rings. The molecule has 2 aromatic rings. The van der Waals surface area contributed by atoms with Gasteiger partial charge in [0.15, 0.2) is 0 Å². The highest BCUT2D eigenvalue weighted by Gasteiger charge is 2.27. The van der Waals surface area contributed by atoms with E-state index in [0.717, 1.165) is 18.5 Å². The average molecular weight is 346 g/mol. The molecule has 1 aromatic heterocycles. The van der Waals surface area contributed by atoms with Gasteiger partial charge in [0.05, 0.1) is 24.9 Å². The van der Waals surface area contributed by atoms with Crippen molar-refractivity contribution >= 4 is 5.91 Å². The minimum Gasteiger partial charge on any atom is -0.368 e. The Balaban J connectivity index is 1.40. The van der Waals surface area contributed by atoms with Crippen molar-refractivity contribution in [1.82, 2.24) is 20.3 Å². The van der Waals surface area contributed by atoms with E-state index in [-0.39, 0.29) is 23.9 Å². The number of ether oxygens (including phenoxy) is 2. The molecule has 0 aliphatic carbocycles. The first-order valence-corrected chi connectivity index (χ1v) is 8.40. The Hall–Kier alpha value is -2.32. The smallest absolute Gasteiger partial charge is 0.249 e. The van der Waals surface area contributed by atoms with Crippen LogP contribution >= 0.6 is 0 Å². The van der Waals surface area contributed by atoms with Crippen molar-refractivity contribution < 1.29 is 18.7 Å². The van der Waals surface area contributed by atoms with Gasteiger partial charge in [-0.2, -0.15) is 0 Å². The van der Waals surface area contributed by atoms with Crippen LogP contribution in [0.2, 0.25) is 0 Å². The fourth-order valence-electron chi connectivity index (χ4n) is 3.16.